The molecule has 2 aromatic carbocycles. The summed E-state index contributed by atoms with van der Waals surface area (Å²) >= 11 is 5.75. The van der Waals surface area contributed by atoms with Crippen LogP contribution >= 0.6 is 11.6 Å². The molecule has 130 valence electrons. The van der Waals surface area contributed by atoms with Gasteiger partial charge < -0.3 is 4.74 Å². The molecule has 3 nitrogen and oxygen atoms in total. The average molecular weight is 365 g/mol. The summed E-state index contributed by atoms with van der Waals surface area (Å²) in [7, 11) is 0. The molecular weight excluding hydrogens is 350 g/mol. The van der Waals surface area contributed by atoms with Crippen LogP contribution in [0.1, 0.15) is 45.2 Å². The lowest BCUT2D eigenvalue weighted by Crippen LogP contribution is -2.25. The van der Waals surface area contributed by atoms with E-state index in [4.69, 9.17) is 16.3 Å². The molecule has 1 aliphatic rings. The third-order valence-corrected chi connectivity index (χ3v) is 4.58. The summed E-state index contributed by atoms with van der Waals surface area (Å²) < 4.78 is 31.5. The predicted octanol–water partition coefficient (Wildman–Crippen LogP) is 4.54. The van der Waals surface area contributed by atoms with E-state index in [1.54, 1.807) is 6.07 Å². The standard InChI is InChI=1S/C19H15ClF2O3/c1-10(18(23)13-6-5-11-3-2-4-12(11)7-13)25-19(24)14-8-16(21)17(22)9-15(14)20/h5-10H,2-4H2,1H3/t10-/m0/s1. The Balaban J connectivity index is 1.75. The fourth-order valence-corrected chi connectivity index (χ4v) is 3.14. The first-order chi connectivity index (χ1) is 11.9. The fraction of sp³-hybridized carbons (Fsp3) is 0.263. The highest BCUT2D eigenvalue weighted by atomic mass is 35.5. The second-order valence-corrected chi connectivity index (χ2v) is 6.40. The Morgan fingerprint density at radius 3 is 2.52 bits per heavy atom. The Morgan fingerprint density at radius 1 is 1.08 bits per heavy atom. The van der Waals surface area contributed by atoms with Crippen molar-refractivity contribution in [3.63, 3.8) is 0 Å². The minimum absolute atomic E-state index is 0.277. The second-order valence-electron chi connectivity index (χ2n) is 5.99. The van der Waals surface area contributed by atoms with Crippen molar-refractivity contribution in [2.24, 2.45) is 0 Å². The lowest BCUT2D eigenvalue weighted by molar-refractivity contribution is 0.0318. The van der Waals surface area contributed by atoms with Gasteiger partial charge in [0.2, 0.25) is 5.78 Å². The fourth-order valence-electron chi connectivity index (χ4n) is 2.92. The molecule has 0 radical (unpaired) electrons. The zero-order valence-electron chi connectivity index (χ0n) is 13.4. The van der Waals surface area contributed by atoms with Crippen molar-refractivity contribution < 1.29 is 23.1 Å². The molecule has 0 saturated carbocycles. The average Bonchev–Trinajstić information content (AvgIpc) is 3.04. The number of aryl methyl sites for hydroxylation is 2. The van der Waals surface area contributed by atoms with Gasteiger partial charge in [-0.2, -0.15) is 0 Å². The molecule has 0 amide bonds. The maximum absolute atomic E-state index is 13.3. The number of hydrogen-bond donors (Lipinski definition) is 0. The van der Waals surface area contributed by atoms with Crippen molar-refractivity contribution in [3.8, 4) is 0 Å². The van der Waals surface area contributed by atoms with Gasteiger partial charge in [-0.3, -0.25) is 4.79 Å². The molecule has 6 heteroatoms. The van der Waals surface area contributed by atoms with E-state index in [1.807, 2.05) is 12.1 Å². The third kappa shape index (κ3) is 3.56. The zero-order chi connectivity index (χ0) is 18.1. The van der Waals surface area contributed by atoms with Crippen LogP contribution in [0.25, 0.3) is 0 Å². The van der Waals surface area contributed by atoms with Crippen LogP contribution in [0.4, 0.5) is 8.78 Å². The van der Waals surface area contributed by atoms with Gasteiger partial charge in [0.05, 0.1) is 10.6 Å². The number of Topliss-reactive ketones (excluding diaryl/α,β-unsaturated/α-hetero) is 1. The lowest BCUT2D eigenvalue weighted by atomic mass is 10.0. The number of ether oxygens (including phenoxy) is 1. The van der Waals surface area contributed by atoms with Crippen LogP contribution in [0.5, 0.6) is 0 Å². The van der Waals surface area contributed by atoms with Gasteiger partial charge in [-0.05, 0) is 55.5 Å². The zero-order valence-corrected chi connectivity index (χ0v) is 14.2. The molecular formula is C19H15ClF2O3. The van der Waals surface area contributed by atoms with E-state index in [1.165, 1.54) is 12.5 Å². The van der Waals surface area contributed by atoms with Gasteiger partial charge in [-0.25, -0.2) is 13.6 Å². The highest BCUT2D eigenvalue weighted by molar-refractivity contribution is 6.33. The van der Waals surface area contributed by atoms with Crippen molar-refractivity contribution >= 4 is 23.4 Å². The largest absolute Gasteiger partial charge is 0.451 e. The van der Waals surface area contributed by atoms with Crippen molar-refractivity contribution in [1.29, 1.82) is 0 Å². The summed E-state index contributed by atoms with van der Waals surface area (Å²) in [6.07, 6.45) is 1.92. The van der Waals surface area contributed by atoms with Crippen molar-refractivity contribution in [3.05, 3.63) is 69.2 Å². The van der Waals surface area contributed by atoms with Crippen LogP contribution in [-0.4, -0.2) is 17.9 Å². The van der Waals surface area contributed by atoms with Gasteiger partial charge >= 0.3 is 5.97 Å². The Hall–Kier alpha value is -2.27. The van der Waals surface area contributed by atoms with Crippen LogP contribution in [0.15, 0.2) is 30.3 Å². The van der Waals surface area contributed by atoms with Crippen LogP contribution in [-0.2, 0) is 17.6 Å². The minimum atomic E-state index is -1.21. The van der Waals surface area contributed by atoms with E-state index < -0.39 is 23.7 Å². The number of esters is 1. The van der Waals surface area contributed by atoms with Crippen LogP contribution in [0.2, 0.25) is 5.02 Å². The maximum Gasteiger partial charge on any atom is 0.340 e. The summed E-state index contributed by atoms with van der Waals surface area (Å²) in [6, 6.07) is 6.80. The van der Waals surface area contributed by atoms with Crippen molar-refractivity contribution in [2.75, 3.05) is 0 Å². The molecule has 0 aromatic heterocycles. The maximum atomic E-state index is 13.3. The third-order valence-electron chi connectivity index (χ3n) is 4.27. The van der Waals surface area contributed by atoms with Gasteiger partial charge in [0.25, 0.3) is 0 Å². The number of hydrogen-bond acceptors (Lipinski definition) is 3. The second kappa shape index (κ2) is 6.92. The number of fused-ring (bicyclic) bond motifs is 1. The van der Waals surface area contributed by atoms with Crippen molar-refractivity contribution in [1.82, 2.24) is 0 Å². The normalized spacial score (nSPS) is 14.1. The Labute approximate surface area is 148 Å². The molecule has 3 rings (SSSR count). The van der Waals surface area contributed by atoms with E-state index in [-0.39, 0.29) is 16.4 Å². The van der Waals surface area contributed by atoms with E-state index in [0.717, 1.165) is 24.8 Å². The first-order valence-electron chi connectivity index (χ1n) is 7.88. The smallest absolute Gasteiger partial charge is 0.340 e. The molecule has 0 unspecified atom stereocenters. The van der Waals surface area contributed by atoms with Gasteiger partial charge in [0, 0.05) is 5.56 Å². The predicted molar refractivity (Wildman–Crippen MR) is 89.0 cm³/mol. The molecule has 25 heavy (non-hydrogen) atoms. The highest BCUT2D eigenvalue weighted by Gasteiger charge is 2.24. The van der Waals surface area contributed by atoms with E-state index >= 15 is 0 Å². The molecule has 1 atom stereocenters. The monoisotopic (exact) mass is 364 g/mol. The van der Waals surface area contributed by atoms with Crippen molar-refractivity contribution in [2.45, 2.75) is 32.3 Å². The molecule has 0 aliphatic heterocycles. The SMILES string of the molecule is C[C@H](OC(=O)c1cc(F)c(F)cc1Cl)C(=O)c1ccc2c(c1)CCC2. The first-order valence-corrected chi connectivity index (χ1v) is 8.26. The highest BCUT2D eigenvalue weighted by Crippen LogP contribution is 2.25. The Kier molecular flexibility index (Phi) is 4.86. The molecule has 0 spiro atoms. The minimum Gasteiger partial charge on any atom is -0.451 e. The Bertz CT molecular complexity index is 864. The van der Waals surface area contributed by atoms with Gasteiger partial charge in [0.15, 0.2) is 17.7 Å². The number of ketones is 1. The van der Waals surface area contributed by atoms with E-state index in [9.17, 15) is 18.4 Å². The molecule has 0 fully saturated rings. The van der Waals surface area contributed by atoms with E-state index in [0.29, 0.717) is 17.7 Å². The quantitative estimate of drug-likeness (QED) is 0.454. The lowest BCUT2D eigenvalue weighted by Gasteiger charge is -2.14. The molecule has 0 bridgehead atoms. The summed E-state index contributed by atoms with van der Waals surface area (Å²) in [6.45, 7) is 1.43. The number of benzene rings is 2. The van der Waals surface area contributed by atoms with Crippen LogP contribution in [0.3, 0.4) is 0 Å². The number of halogens is 3. The number of carbonyl (C=O) groups is 2. The van der Waals surface area contributed by atoms with Gasteiger partial charge in [-0.15, -0.1) is 0 Å². The first kappa shape index (κ1) is 17.5. The summed E-state index contributed by atoms with van der Waals surface area (Å²) in [4.78, 5) is 24.6. The molecule has 1 aliphatic carbocycles. The molecule has 0 saturated heterocycles. The molecule has 2 aromatic rings. The molecule has 0 heterocycles. The summed E-state index contributed by atoms with van der Waals surface area (Å²) in [5.41, 5.74) is 2.49. The topological polar surface area (TPSA) is 43.4 Å². The van der Waals surface area contributed by atoms with Crippen LogP contribution in [0, 0.1) is 11.6 Å². The van der Waals surface area contributed by atoms with E-state index in [2.05, 4.69) is 0 Å². The summed E-state index contributed by atoms with van der Waals surface area (Å²) in [5, 5.41) is -0.277. The number of rotatable bonds is 4. The molecule has 0 N–H and O–H groups in total. The van der Waals surface area contributed by atoms with Gasteiger partial charge in [0.1, 0.15) is 0 Å². The summed E-state index contributed by atoms with van der Waals surface area (Å²) in [5.74, 6) is -3.72. The Morgan fingerprint density at radius 2 is 1.76 bits per heavy atom. The van der Waals surface area contributed by atoms with Crippen LogP contribution < -0.4 is 0 Å². The number of carbonyl (C=O) groups excluding carboxylic acids is 2. The van der Waals surface area contributed by atoms with Gasteiger partial charge in [-0.1, -0.05) is 23.7 Å².